The summed E-state index contributed by atoms with van der Waals surface area (Å²) in [7, 11) is 0. The molecule has 1 aromatic carbocycles. The van der Waals surface area contributed by atoms with E-state index in [4.69, 9.17) is 4.74 Å². The lowest BCUT2D eigenvalue weighted by atomic mass is 10.2. The summed E-state index contributed by atoms with van der Waals surface area (Å²) in [5.74, 6) is 0.900. The number of ether oxygens (including phenoxy) is 1. The first-order valence-corrected chi connectivity index (χ1v) is 7.93. The second-order valence-corrected chi connectivity index (χ2v) is 6.00. The van der Waals surface area contributed by atoms with Crippen LogP contribution in [0.1, 0.15) is 37.0 Å². The fourth-order valence-electron chi connectivity index (χ4n) is 1.77. The second kappa shape index (κ2) is 7.41. The number of nitrogens with one attached hydrogen (secondary N) is 1. The van der Waals surface area contributed by atoms with E-state index in [0.717, 1.165) is 29.4 Å². The third kappa shape index (κ3) is 4.62. The van der Waals surface area contributed by atoms with Crippen LogP contribution in [-0.4, -0.2) is 11.0 Å². The number of thiazole rings is 1. The van der Waals surface area contributed by atoms with E-state index < -0.39 is 0 Å². The molecule has 1 N–H and O–H groups in total. The first-order valence-electron chi connectivity index (χ1n) is 7.05. The van der Waals surface area contributed by atoms with Crippen LogP contribution in [0.15, 0.2) is 29.6 Å². The first kappa shape index (κ1) is 15.0. The Morgan fingerprint density at radius 3 is 2.65 bits per heavy atom. The van der Waals surface area contributed by atoms with E-state index in [9.17, 15) is 0 Å². The van der Waals surface area contributed by atoms with Gasteiger partial charge in [-0.1, -0.05) is 32.9 Å². The molecule has 0 bridgehead atoms. The average molecular weight is 290 g/mol. The minimum atomic E-state index is 0.482. The van der Waals surface area contributed by atoms with Gasteiger partial charge in [-0.2, -0.15) is 0 Å². The number of nitrogens with zero attached hydrogens (tertiary/aromatic N) is 1. The minimum Gasteiger partial charge on any atom is -0.487 e. The number of rotatable bonds is 7. The van der Waals surface area contributed by atoms with Crippen LogP contribution in [-0.2, 0) is 19.6 Å². The maximum atomic E-state index is 5.75. The Kier molecular flexibility index (Phi) is 5.56. The number of benzene rings is 1. The van der Waals surface area contributed by atoms with E-state index >= 15 is 0 Å². The SMILES string of the molecule is CCc1ccc(OCc2csc(CNC(C)C)n2)cc1. The van der Waals surface area contributed by atoms with Gasteiger partial charge in [0.2, 0.25) is 0 Å². The van der Waals surface area contributed by atoms with E-state index in [0.29, 0.717) is 12.6 Å². The van der Waals surface area contributed by atoms with Crippen LogP contribution in [0.25, 0.3) is 0 Å². The largest absolute Gasteiger partial charge is 0.487 e. The minimum absolute atomic E-state index is 0.482. The zero-order chi connectivity index (χ0) is 14.4. The molecule has 0 aliphatic heterocycles. The van der Waals surface area contributed by atoms with Crippen LogP contribution < -0.4 is 10.1 Å². The molecule has 0 saturated heterocycles. The third-order valence-electron chi connectivity index (χ3n) is 2.98. The molecule has 20 heavy (non-hydrogen) atoms. The lowest BCUT2D eigenvalue weighted by Crippen LogP contribution is -2.21. The second-order valence-electron chi connectivity index (χ2n) is 5.05. The van der Waals surface area contributed by atoms with Crippen molar-refractivity contribution < 1.29 is 4.74 Å². The zero-order valence-corrected chi connectivity index (χ0v) is 13.2. The fourth-order valence-corrected chi connectivity index (χ4v) is 2.50. The maximum absolute atomic E-state index is 5.75. The van der Waals surface area contributed by atoms with Gasteiger partial charge in [0, 0.05) is 18.0 Å². The quantitative estimate of drug-likeness (QED) is 0.842. The van der Waals surface area contributed by atoms with E-state index in [1.165, 1.54) is 5.56 Å². The van der Waals surface area contributed by atoms with E-state index in [-0.39, 0.29) is 0 Å². The van der Waals surface area contributed by atoms with Crippen molar-refractivity contribution in [3.63, 3.8) is 0 Å². The molecule has 1 heterocycles. The Bertz CT molecular complexity index is 520. The van der Waals surface area contributed by atoms with Crippen LogP contribution >= 0.6 is 11.3 Å². The van der Waals surface area contributed by atoms with Crippen molar-refractivity contribution in [1.82, 2.24) is 10.3 Å². The van der Waals surface area contributed by atoms with Crippen LogP contribution in [0.3, 0.4) is 0 Å². The monoisotopic (exact) mass is 290 g/mol. The highest BCUT2D eigenvalue weighted by atomic mass is 32.1. The predicted molar refractivity (Wildman–Crippen MR) is 84.2 cm³/mol. The summed E-state index contributed by atoms with van der Waals surface area (Å²) < 4.78 is 5.75. The summed E-state index contributed by atoms with van der Waals surface area (Å²) in [5, 5.41) is 6.55. The van der Waals surface area contributed by atoms with E-state index in [2.05, 4.69) is 48.6 Å². The molecule has 3 nitrogen and oxygen atoms in total. The topological polar surface area (TPSA) is 34.1 Å². The summed E-state index contributed by atoms with van der Waals surface area (Å²) in [6.07, 6.45) is 1.05. The molecule has 0 amide bonds. The lowest BCUT2D eigenvalue weighted by Gasteiger charge is -2.05. The normalized spacial score (nSPS) is 11.0. The molecule has 0 saturated carbocycles. The van der Waals surface area contributed by atoms with Crippen LogP contribution in [0.2, 0.25) is 0 Å². The molecule has 0 radical (unpaired) electrons. The van der Waals surface area contributed by atoms with Crippen molar-refractivity contribution >= 4 is 11.3 Å². The summed E-state index contributed by atoms with van der Waals surface area (Å²) in [5.41, 5.74) is 2.32. The van der Waals surface area contributed by atoms with Crippen molar-refractivity contribution in [3.05, 3.63) is 45.9 Å². The molecular weight excluding hydrogens is 268 g/mol. The van der Waals surface area contributed by atoms with Gasteiger partial charge in [0.05, 0.1) is 5.69 Å². The van der Waals surface area contributed by atoms with E-state index in [1.807, 2.05) is 12.1 Å². The van der Waals surface area contributed by atoms with Gasteiger partial charge in [-0.3, -0.25) is 0 Å². The van der Waals surface area contributed by atoms with Gasteiger partial charge in [-0.25, -0.2) is 4.98 Å². The Balaban J connectivity index is 1.84. The molecule has 0 atom stereocenters. The standard InChI is InChI=1S/C16H22N2OS/c1-4-13-5-7-15(8-6-13)19-10-14-11-20-16(18-14)9-17-12(2)3/h5-8,11-12,17H,4,9-10H2,1-3H3. The fraction of sp³-hybridized carbons (Fsp3) is 0.438. The summed E-state index contributed by atoms with van der Waals surface area (Å²) in [4.78, 5) is 4.56. The number of hydrogen-bond donors (Lipinski definition) is 1. The number of aromatic nitrogens is 1. The molecule has 4 heteroatoms. The molecule has 108 valence electrons. The lowest BCUT2D eigenvalue weighted by molar-refractivity contribution is 0.301. The van der Waals surface area contributed by atoms with Crippen molar-refractivity contribution in [3.8, 4) is 5.75 Å². The van der Waals surface area contributed by atoms with E-state index in [1.54, 1.807) is 11.3 Å². The highest BCUT2D eigenvalue weighted by Crippen LogP contribution is 2.16. The van der Waals surface area contributed by atoms with Crippen molar-refractivity contribution in [2.24, 2.45) is 0 Å². The Hall–Kier alpha value is -1.39. The average Bonchev–Trinajstić information content (AvgIpc) is 2.91. The third-order valence-corrected chi connectivity index (χ3v) is 3.88. The highest BCUT2D eigenvalue weighted by molar-refractivity contribution is 7.09. The highest BCUT2D eigenvalue weighted by Gasteiger charge is 2.04. The molecule has 0 aliphatic carbocycles. The Morgan fingerprint density at radius 2 is 2.00 bits per heavy atom. The van der Waals surface area contributed by atoms with Crippen LogP contribution in [0.5, 0.6) is 5.75 Å². The van der Waals surface area contributed by atoms with Crippen LogP contribution in [0, 0.1) is 0 Å². The smallest absolute Gasteiger partial charge is 0.131 e. The van der Waals surface area contributed by atoms with Gasteiger partial charge in [-0.05, 0) is 24.1 Å². The Morgan fingerprint density at radius 1 is 1.25 bits per heavy atom. The number of hydrogen-bond acceptors (Lipinski definition) is 4. The van der Waals surface area contributed by atoms with Gasteiger partial charge < -0.3 is 10.1 Å². The van der Waals surface area contributed by atoms with Gasteiger partial charge in [0.15, 0.2) is 0 Å². The van der Waals surface area contributed by atoms with Crippen LogP contribution in [0.4, 0.5) is 0 Å². The summed E-state index contributed by atoms with van der Waals surface area (Å²) in [6, 6.07) is 8.73. The molecule has 0 aliphatic rings. The van der Waals surface area contributed by atoms with Gasteiger partial charge >= 0.3 is 0 Å². The van der Waals surface area contributed by atoms with Crippen molar-refractivity contribution in [1.29, 1.82) is 0 Å². The van der Waals surface area contributed by atoms with Crippen molar-refractivity contribution in [2.75, 3.05) is 0 Å². The van der Waals surface area contributed by atoms with Gasteiger partial charge in [0.25, 0.3) is 0 Å². The molecule has 0 unspecified atom stereocenters. The van der Waals surface area contributed by atoms with Gasteiger partial charge in [0.1, 0.15) is 17.4 Å². The maximum Gasteiger partial charge on any atom is 0.131 e. The Labute approximate surface area is 125 Å². The molecule has 2 aromatic rings. The summed E-state index contributed by atoms with van der Waals surface area (Å²) in [6.45, 7) is 7.78. The molecule has 0 spiro atoms. The van der Waals surface area contributed by atoms with Crippen molar-refractivity contribution in [2.45, 2.75) is 46.4 Å². The first-order chi connectivity index (χ1) is 9.67. The molecule has 1 aromatic heterocycles. The molecule has 0 fully saturated rings. The molecular formula is C16H22N2OS. The zero-order valence-electron chi connectivity index (χ0n) is 12.3. The predicted octanol–water partition coefficient (Wildman–Crippen LogP) is 3.78. The van der Waals surface area contributed by atoms with Gasteiger partial charge in [-0.15, -0.1) is 11.3 Å². The number of aryl methyl sites for hydroxylation is 1. The summed E-state index contributed by atoms with van der Waals surface area (Å²) >= 11 is 1.68. The molecule has 2 rings (SSSR count).